The Balaban J connectivity index is 2.44. The van der Waals surface area contributed by atoms with Crippen LogP contribution in [0.5, 0.6) is 0 Å². The summed E-state index contributed by atoms with van der Waals surface area (Å²) in [6.07, 6.45) is 0. The molecule has 1 unspecified atom stereocenters. The van der Waals surface area contributed by atoms with Gasteiger partial charge in [-0.15, -0.1) is 0 Å². The zero-order chi connectivity index (χ0) is 14.8. The fourth-order valence-electron chi connectivity index (χ4n) is 1.93. The second kappa shape index (κ2) is 5.16. The van der Waals surface area contributed by atoms with Crippen LogP contribution in [0.25, 0.3) is 11.1 Å². The highest BCUT2D eigenvalue weighted by atomic mass is 16.4. The van der Waals surface area contributed by atoms with Gasteiger partial charge in [0.25, 0.3) is 0 Å². The second-order valence-electron chi connectivity index (χ2n) is 4.61. The Hall–Kier alpha value is -2.64. The summed E-state index contributed by atoms with van der Waals surface area (Å²) in [5.74, 6) is -1.30. The third kappa shape index (κ3) is 2.40. The molecule has 4 heteroatoms. The Morgan fingerprint density at radius 1 is 1.15 bits per heavy atom. The number of carboxylic acids is 1. The molecule has 0 bridgehead atoms. The lowest BCUT2D eigenvalue weighted by Crippen LogP contribution is -2.31. The molecule has 0 aliphatic rings. The van der Waals surface area contributed by atoms with E-state index in [1.165, 1.54) is 6.92 Å². The Labute approximate surface area is 116 Å². The van der Waals surface area contributed by atoms with Crippen molar-refractivity contribution in [3.63, 3.8) is 0 Å². The molecule has 4 nitrogen and oxygen atoms in total. The Bertz CT molecular complexity index is 682. The molecule has 20 heavy (non-hydrogen) atoms. The molecule has 0 saturated carbocycles. The third-order valence-electron chi connectivity index (χ3n) is 3.22. The van der Waals surface area contributed by atoms with Crippen molar-refractivity contribution in [1.29, 1.82) is 5.26 Å². The molecule has 0 aromatic heterocycles. The van der Waals surface area contributed by atoms with Crippen LogP contribution in [-0.2, 0) is 10.4 Å². The first kappa shape index (κ1) is 13.8. The summed E-state index contributed by atoms with van der Waals surface area (Å²) in [4.78, 5) is 11.0. The molecule has 0 spiro atoms. The van der Waals surface area contributed by atoms with Crippen molar-refractivity contribution in [1.82, 2.24) is 0 Å². The van der Waals surface area contributed by atoms with Crippen LogP contribution in [0.2, 0.25) is 0 Å². The van der Waals surface area contributed by atoms with Crippen molar-refractivity contribution >= 4 is 5.97 Å². The highest BCUT2D eigenvalue weighted by molar-refractivity contribution is 5.79. The van der Waals surface area contributed by atoms with Crippen LogP contribution < -0.4 is 0 Å². The summed E-state index contributed by atoms with van der Waals surface area (Å²) in [7, 11) is 0. The van der Waals surface area contributed by atoms with Gasteiger partial charge in [-0.25, -0.2) is 4.79 Å². The number of nitrogens with zero attached hydrogens (tertiary/aromatic N) is 1. The van der Waals surface area contributed by atoms with E-state index in [0.717, 1.165) is 11.1 Å². The Kier molecular flexibility index (Phi) is 3.55. The molecule has 0 amide bonds. The minimum absolute atomic E-state index is 0.295. The molecule has 2 aromatic rings. The zero-order valence-corrected chi connectivity index (χ0v) is 10.9. The van der Waals surface area contributed by atoms with E-state index in [1.54, 1.807) is 36.4 Å². The average molecular weight is 267 g/mol. The maximum Gasteiger partial charge on any atom is 0.340 e. The summed E-state index contributed by atoms with van der Waals surface area (Å²) in [6, 6.07) is 15.8. The van der Waals surface area contributed by atoms with Crippen LogP contribution in [-0.4, -0.2) is 16.2 Å². The molecule has 2 aromatic carbocycles. The summed E-state index contributed by atoms with van der Waals surface area (Å²) in [6.45, 7) is 1.23. The van der Waals surface area contributed by atoms with E-state index in [4.69, 9.17) is 10.4 Å². The van der Waals surface area contributed by atoms with E-state index in [1.807, 2.05) is 12.1 Å². The van der Waals surface area contributed by atoms with Crippen LogP contribution in [0.1, 0.15) is 18.1 Å². The van der Waals surface area contributed by atoms with E-state index in [-0.39, 0.29) is 0 Å². The summed E-state index contributed by atoms with van der Waals surface area (Å²) >= 11 is 0. The van der Waals surface area contributed by atoms with E-state index in [2.05, 4.69) is 6.07 Å². The largest absolute Gasteiger partial charge is 0.479 e. The Morgan fingerprint density at radius 3 is 2.30 bits per heavy atom. The van der Waals surface area contributed by atoms with Gasteiger partial charge in [0.1, 0.15) is 0 Å². The smallest absolute Gasteiger partial charge is 0.340 e. The number of hydrogen-bond acceptors (Lipinski definition) is 3. The lowest BCUT2D eigenvalue weighted by atomic mass is 9.93. The van der Waals surface area contributed by atoms with Gasteiger partial charge in [-0.2, -0.15) is 5.26 Å². The molecule has 100 valence electrons. The molecule has 0 aliphatic heterocycles. The highest BCUT2D eigenvalue weighted by Crippen LogP contribution is 2.27. The molecular weight excluding hydrogens is 254 g/mol. The molecule has 0 heterocycles. The van der Waals surface area contributed by atoms with Gasteiger partial charge < -0.3 is 10.2 Å². The first-order chi connectivity index (χ1) is 9.46. The number of benzene rings is 2. The standard InChI is InChI=1S/C16H13NO3/c1-16(20,15(18)19)13-8-6-11(7-9-13)14-5-3-2-4-12(14)10-17/h2-9,20H,1H3,(H,18,19). The topological polar surface area (TPSA) is 81.3 Å². The predicted molar refractivity (Wildman–Crippen MR) is 73.8 cm³/mol. The number of carboxylic acid groups (broad SMARTS) is 1. The van der Waals surface area contributed by atoms with Crippen molar-refractivity contribution in [3.05, 3.63) is 59.7 Å². The van der Waals surface area contributed by atoms with E-state index < -0.39 is 11.6 Å². The number of rotatable bonds is 3. The SMILES string of the molecule is CC(O)(C(=O)O)c1ccc(-c2ccccc2C#N)cc1. The maximum absolute atomic E-state index is 11.0. The van der Waals surface area contributed by atoms with Crippen molar-refractivity contribution < 1.29 is 15.0 Å². The van der Waals surface area contributed by atoms with Crippen LogP contribution in [0.4, 0.5) is 0 Å². The van der Waals surface area contributed by atoms with Crippen LogP contribution in [0.15, 0.2) is 48.5 Å². The first-order valence-electron chi connectivity index (χ1n) is 6.02. The third-order valence-corrected chi connectivity index (χ3v) is 3.22. The molecule has 2 rings (SSSR count). The van der Waals surface area contributed by atoms with Gasteiger partial charge in [-0.05, 0) is 29.7 Å². The average Bonchev–Trinajstić information content (AvgIpc) is 2.47. The van der Waals surface area contributed by atoms with Crippen LogP contribution in [0.3, 0.4) is 0 Å². The summed E-state index contributed by atoms with van der Waals surface area (Å²) in [5.41, 5.74) is 0.491. The van der Waals surface area contributed by atoms with Gasteiger partial charge in [0.05, 0.1) is 11.6 Å². The van der Waals surface area contributed by atoms with Crippen molar-refractivity contribution in [3.8, 4) is 17.2 Å². The minimum atomic E-state index is -1.92. The normalized spacial score (nSPS) is 13.2. The number of carbonyl (C=O) groups is 1. The van der Waals surface area contributed by atoms with Crippen molar-refractivity contribution in [2.75, 3.05) is 0 Å². The lowest BCUT2D eigenvalue weighted by Gasteiger charge is -2.18. The van der Waals surface area contributed by atoms with Crippen molar-refractivity contribution in [2.45, 2.75) is 12.5 Å². The van der Waals surface area contributed by atoms with Gasteiger partial charge in [0.2, 0.25) is 0 Å². The van der Waals surface area contributed by atoms with E-state index in [0.29, 0.717) is 11.1 Å². The molecule has 0 fully saturated rings. The van der Waals surface area contributed by atoms with Gasteiger partial charge >= 0.3 is 5.97 Å². The van der Waals surface area contributed by atoms with Gasteiger partial charge in [0.15, 0.2) is 5.60 Å². The highest BCUT2D eigenvalue weighted by Gasteiger charge is 2.31. The molecule has 0 aliphatic carbocycles. The molecular formula is C16H13NO3. The first-order valence-corrected chi connectivity index (χ1v) is 6.02. The summed E-state index contributed by atoms with van der Waals surface area (Å²) in [5, 5.41) is 27.9. The van der Waals surface area contributed by atoms with Crippen LogP contribution >= 0.6 is 0 Å². The maximum atomic E-state index is 11.0. The van der Waals surface area contributed by atoms with Crippen LogP contribution in [0, 0.1) is 11.3 Å². The summed E-state index contributed by atoms with van der Waals surface area (Å²) < 4.78 is 0. The van der Waals surface area contributed by atoms with Crippen molar-refractivity contribution in [2.24, 2.45) is 0 Å². The number of aliphatic hydroxyl groups is 1. The minimum Gasteiger partial charge on any atom is -0.479 e. The van der Waals surface area contributed by atoms with Gasteiger partial charge in [0, 0.05) is 0 Å². The van der Waals surface area contributed by atoms with Gasteiger partial charge in [-0.3, -0.25) is 0 Å². The zero-order valence-electron chi connectivity index (χ0n) is 10.9. The number of hydrogen-bond donors (Lipinski definition) is 2. The van der Waals surface area contributed by atoms with E-state index >= 15 is 0 Å². The molecule has 2 N–H and O–H groups in total. The predicted octanol–water partition coefficient (Wildman–Crippen LogP) is 2.52. The fraction of sp³-hybridized carbons (Fsp3) is 0.125. The molecule has 1 atom stereocenters. The Morgan fingerprint density at radius 2 is 1.75 bits per heavy atom. The number of nitriles is 1. The quantitative estimate of drug-likeness (QED) is 0.895. The molecule has 0 radical (unpaired) electrons. The fourth-order valence-corrected chi connectivity index (χ4v) is 1.93. The number of aliphatic carboxylic acids is 1. The van der Waals surface area contributed by atoms with Gasteiger partial charge in [-0.1, -0.05) is 42.5 Å². The second-order valence-corrected chi connectivity index (χ2v) is 4.61. The monoisotopic (exact) mass is 267 g/mol. The lowest BCUT2D eigenvalue weighted by molar-refractivity contribution is -0.157. The molecule has 0 saturated heterocycles. The van der Waals surface area contributed by atoms with E-state index in [9.17, 15) is 9.90 Å².